The molecule has 2 saturated heterocycles. The van der Waals surface area contributed by atoms with Gasteiger partial charge in [-0.05, 0) is 43.4 Å². The summed E-state index contributed by atoms with van der Waals surface area (Å²) in [6.07, 6.45) is 5.18. The standard InChI is InChI=1S/C14H17Cl2NO/c15-11-3-1-8(5-12(11)16)6-13(17)10-7-9-2-4-14(10)18-9/h1,3,5,9-10,13-14H,2,4,6-7,17H2. The molecule has 4 heteroatoms. The summed E-state index contributed by atoms with van der Waals surface area (Å²) in [6, 6.07) is 5.90. The largest absolute Gasteiger partial charge is 0.375 e. The summed E-state index contributed by atoms with van der Waals surface area (Å²) in [7, 11) is 0. The van der Waals surface area contributed by atoms with Gasteiger partial charge >= 0.3 is 0 Å². The number of halogens is 2. The van der Waals surface area contributed by atoms with Crippen LogP contribution in [0.5, 0.6) is 0 Å². The van der Waals surface area contributed by atoms with Crippen LogP contribution < -0.4 is 5.73 Å². The highest BCUT2D eigenvalue weighted by molar-refractivity contribution is 6.42. The zero-order valence-electron chi connectivity index (χ0n) is 10.1. The van der Waals surface area contributed by atoms with Gasteiger partial charge in [0.25, 0.3) is 0 Å². The molecule has 2 bridgehead atoms. The highest BCUT2D eigenvalue weighted by Gasteiger charge is 2.43. The van der Waals surface area contributed by atoms with Gasteiger partial charge in [-0.2, -0.15) is 0 Å². The Hall–Kier alpha value is -0.280. The van der Waals surface area contributed by atoms with E-state index in [1.54, 1.807) is 0 Å². The highest BCUT2D eigenvalue weighted by atomic mass is 35.5. The van der Waals surface area contributed by atoms with Crippen molar-refractivity contribution in [1.82, 2.24) is 0 Å². The molecule has 3 rings (SSSR count). The molecule has 2 heterocycles. The lowest BCUT2D eigenvalue weighted by molar-refractivity contribution is 0.0885. The molecule has 1 aromatic carbocycles. The van der Waals surface area contributed by atoms with Crippen molar-refractivity contribution in [2.75, 3.05) is 0 Å². The molecule has 0 aromatic heterocycles. The second-order valence-electron chi connectivity index (χ2n) is 5.39. The van der Waals surface area contributed by atoms with Crippen molar-refractivity contribution < 1.29 is 4.74 Å². The quantitative estimate of drug-likeness (QED) is 0.924. The summed E-state index contributed by atoms with van der Waals surface area (Å²) in [6.45, 7) is 0. The summed E-state index contributed by atoms with van der Waals surface area (Å²) in [5, 5.41) is 1.20. The van der Waals surface area contributed by atoms with Crippen LogP contribution in [0.25, 0.3) is 0 Å². The van der Waals surface area contributed by atoms with E-state index in [9.17, 15) is 0 Å². The lowest BCUT2D eigenvalue weighted by Gasteiger charge is -2.25. The van der Waals surface area contributed by atoms with Crippen LogP contribution in [-0.2, 0) is 11.2 Å². The minimum absolute atomic E-state index is 0.151. The molecule has 2 nitrogen and oxygen atoms in total. The molecule has 2 fully saturated rings. The van der Waals surface area contributed by atoms with Gasteiger partial charge in [0, 0.05) is 12.0 Å². The number of benzene rings is 1. The third-order valence-electron chi connectivity index (χ3n) is 4.16. The first-order valence-electron chi connectivity index (χ1n) is 6.48. The van der Waals surface area contributed by atoms with E-state index < -0.39 is 0 Å². The Morgan fingerprint density at radius 3 is 2.72 bits per heavy atom. The number of rotatable bonds is 3. The Bertz CT molecular complexity index is 451. The van der Waals surface area contributed by atoms with Crippen LogP contribution in [0.15, 0.2) is 18.2 Å². The van der Waals surface area contributed by atoms with E-state index in [1.807, 2.05) is 18.2 Å². The molecule has 4 unspecified atom stereocenters. The molecule has 2 aliphatic rings. The Morgan fingerprint density at radius 1 is 1.28 bits per heavy atom. The molecule has 98 valence electrons. The molecule has 0 spiro atoms. The Kier molecular flexibility index (Phi) is 3.55. The third kappa shape index (κ3) is 2.39. The number of hydrogen-bond acceptors (Lipinski definition) is 2. The van der Waals surface area contributed by atoms with E-state index in [0.717, 1.165) is 18.4 Å². The van der Waals surface area contributed by atoms with Gasteiger partial charge in [0.15, 0.2) is 0 Å². The van der Waals surface area contributed by atoms with Gasteiger partial charge in [0.05, 0.1) is 22.3 Å². The SMILES string of the molecule is NC(Cc1ccc(Cl)c(Cl)c1)C1CC2CCC1O2. The van der Waals surface area contributed by atoms with E-state index in [4.69, 9.17) is 33.7 Å². The first-order valence-corrected chi connectivity index (χ1v) is 7.24. The van der Waals surface area contributed by atoms with Crippen molar-refractivity contribution in [3.8, 4) is 0 Å². The van der Waals surface area contributed by atoms with Gasteiger partial charge in [-0.25, -0.2) is 0 Å². The fourth-order valence-corrected chi connectivity index (χ4v) is 3.54. The Morgan fingerprint density at radius 2 is 2.11 bits per heavy atom. The van der Waals surface area contributed by atoms with Gasteiger partial charge in [-0.15, -0.1) is 0 Å². The number of nitrogens with two attached hydrogens (primary N) is 1. The second kappa shape index (κ2) is 5.01. The topological polar surface area (TPSA) is 35.2 Å². The lowest BCUT2D eigenvalue weighted by atomic mass is 9.82. The van der Waals surface area contributed by atoms with Gasteiger partial charge in [0.1, 0.15) is 0 Å². The van der Waals surface area contributed by atoms with Crippen LogP contribution in [0.1, 0.15) is 24.8 Å². The molecule has 18 heavy (non-hydrogen) atoms. The average Bonchev–Trinajstić information content (AvgIpc) is 2.96. The van der Waals surface area contributed by atoms with Gasteiger partial charge in [-0.3, -0.25) is 0 Å². The fraction of sp³-hybridized carbons (Fsp3) is 0.571. The summed E-state index contributed by atoms with van der Waals surface area (Å²) in [5.74, 6) is 0.498. The van der Waals surface area contributed by atoms with Crippen LogP contribution in [-0.4, -0.2) is 18.2 Å². The number of fused-ring (bicyclic) bond motifs is 2. The van der Waals surface area contributed by atoms with E-state index in [2.05, 4.69) is 0 Å². The zero-order valence-corrected chi connectivity index (χ0v) is 11.6. The maximum absolute atomic E-state index is 6.33. The predicted octanol–water partition coefficient (Wildman–Crippen LogP) is 3.43. The maximum Gasteiger partial charge on any atom is 0.0623 e. The Balaban J connectivity index is 1.67. The zero-order chi connectivity index (χ0) is 12.7. The van der Waals surface area contributed by atoms with Crippen molar-refractivity contribution in [3.63, 3.8) is 0 Å². The summed E-state index contributed by atoms with van der Waals surface area (Å²) >= 11 is 11.9. The first-order chi connectivity index (χ1) is 8.63. The van der Waals surface area contributed by atoms with E-state index >= 15 is 0 Å². The van der Waals surface area contributed by atoms with Crippen LogP contribution in [0.3, 0.4) is 0 Å². The maximum atomic E-state index is 6.33. The molecule has 2 N–H and O–H groups in total. The molecule has 0 amide bonds. The lowest BCUT2D eigenvalue weighted by Crippen LogP contribution is -2.37. The minimum atomic E-state index is 0.151. The van der Waals surface area contributed by atoms with Gasteiger partial charge < -0.3 is 10.5 Å². The fourth-order valence-electron chi connectivity index (χ4n) is 3.22. The summed E-state index contributed by atoms with van der Waals surface area (Å²) in [5.41, 5.74) is 7.48. The van der Waals surface area contributed by atoms with Crippen molar-refractivity contribution in [1.29, 1.82) is 0 Å². The Labute approximate surface area is 117 Å². The minimum Gasteiger partial charge on any atom is -0.375 e. The smallest absolute Gasteiger partial charge is 0.0623 e. The second-order valence-corrected chi connectivity index (χ2v) is 6.20. The first kappa shape index (κ1) is 12.7. The molecule has 4 atom stereocenters. The van der Waals surface area contributed by atoms with E-state index in [0.29, 0.717) is 28.2 Å². The monoisotopic (exact) mass is 285 g/mol. The van der Waals surface area contributed by atoms with Crippen molar-refractivity contribution >= 4 is 23.2 Å². The van der Waals surface area contributed by atoms with Gasteiger partial charge in [0.2, 0.25) is 0 Å². The molecule has 2 aliphatic heterocycles. The summed E-state index contributed by atoms with van der Waals surface area (Å²) < 4.78 is 5.86. The molecular weight excluding hydrogens is 269 g/mol. The van der Waals surface area contributed by atoms with Crippen molar-refractivity contribution in [2.24, 2.45) is 11.7 Å². The van der Waals surface area contributed by atoms with E-state index in [-0.39, 0.29) is 6.04 Å². The number of hydrogen-bond donors (Lipinski definition) is 1. The van der Waals surface area contributed by atoms with Crippen LogP contribution in [0.2, 0.25) is 10.0 Å². The van der Waals surface area contributed by atoms with Gasteiger partial charge in [-0.1, -0.05) is 29.3 Å². The van der Waals surface area contributed by atoms with Crippen LogP contribution in [0.4, 0.5) is 0 Å². The van der Waals surface area contributed by atoms with Crippen LogP contribution in [0, 0.1) is 5.92 Å². The molecular formula is C14H17Cl2NO. The predicted molar refractivity (Wildman–Crippen MR) is 74.1 cm³/mol. The summed E-state index contributed by atoms with van der Waals surface area (Å²) in [4.78, 5) is 0. The highest BCUT2D eigenvalue weighted by Crippen LogP contribution is 2.40. The third-order valence-corrected chi connectivity index (χ3v) is 4.90. The average molecular weight is 286 g/mol. The molecule has 1 aromatic rings. The molecule has 0 saturated carbocycles. The molecule has 0 aliphatic carbocycles. The normalized spacial score (nSPS) is 31.8. The van der Waals surface area contributed by atoms with Crippen molar-refractivity contribution in [2.45, 2.75) is 43.9 Å². The van der Waals surface area contributed by atoms with Crippen molar-refractivity contribution in [3.05, 3.63) is 33.8 Å². The van der Waals surface area contributed by atoms with Crippen LogP contribution >= 0.6 is 23.2 Å². The van der Waals surface area contributed by atoms with E-state index in [1.165, 1.54) is 12.8 Å². The number of ether oxygens (including phenoxy) is 1. The molecule has 0 radical (unpaired) electrons.